The molecule has 38 heavy (non-hydrogen) atoms. The van der Waals surface area contributed by atoms with Crippen molar-refractivity contribution in [2.45, 2.75) is 24.2 Å². The average Bonchev–Trinajstić information content (AvgIpc) is 3.50. The molecule has 3 aromatic carbocycles. The van der Waals surface area contributed by atoms with Gasteiger partial charge < -0.3 is 24.3 Å². The molecule has 0 saturated heterocycles. The van der Waals surface area contributed by atoms with E-state index in [0.29, 0.717) is 30.1 Å². The molecule has 0 spiro atoms. The van der Waals surface area contributed by atoms with Gasteiger partial charge in [0.15, 0.2) is 0 Å². The summed E-state index contributed by atoms with van der Waals surface area (Å²) in [4.78, 5) is 22.1. The van der Waals surface area contributed by atoms with Crippen molar-refractivity contribution < 1.29 is 28.5 Å². The number of carbonyl (C=O) groups excluding carboxylic acids is 2. The predicted molar refractivity (Wildman–Crippen MR) is 143 cm³/mol. The van der Waals surface area contributed by atoms with Crippen molar-refractivity contribution in [2.24, 2.45) is 0 Å². The maximum atomic E-state index is 11.1. The zero-order valence-corrected chi connectivity index (χ0v) is 21.2. The van der Waals surface area contributed by atoms with Crippen LogP contribution in [-0.2, 0) is 30.2 Å². The van der Waals surface area contributed by atoms with E-state index in [2.05, 4.69) is 5.32 Å². The van der Waals surface area contributed by atoms with Crippen LogP contribution < -0.4 is 10.1 Å². The van der Waals surface area contributed by atoms with Crippen LogP contribution in [0.5, 0.6) is 11.5 Å². The lowest BCUT2D eigenvalue weighted by Gasteiger charge is -2.37. The number of hydrogen-bond donors (Lipinski definition) is 1. The van der Waals surface area contributed by atoms with E-state index in [1.165, 1.54) is 0 Å². The second-order valence-electron chi connectivity index (χ2n) is 8.94. The number of rotatable bonds is 13. The molecular formula is C30H26ClNO6. The zero-order chi connectivity index (χ0) is 26.4. The molecular weight excluding hydrogens is 506 g/mol. The fourth-order valence-electron chi connectivity index (χ4n) is 4.99. The Morgan fingerprint density at radius 3 is 2.45 bits per heavy atom. The van der Waals surface area contributed by atoms with Crippen LogP contribution in [0.2, 0.25) is 5.02 Å². The molecule has 7 nitrogen and oxygen atoms in total. The number of para-hydroxylation sites is 1. The van der Waals surface area contributed by atoms with Crippen molar-refractivity contribution in [1.82, 2.24) is 0 Å². The van der Waals surface area contributed by atoms with E-state index in [-0.39, 0.29) is 19.3 Å². The summed E-state index contributed by atoms with van der Waals surface area (Å²) < 4.78 is 22.8. The lowest BCUT2D eigenvalue weighted by molar-refractivity contribution is -0.129. The van der Waals surface area contributed by atoms with E-state index in [0.717, 1.165) is 28.1 Å². The van der Waals surface area contributed by atoms with Gasteiger partial charge >= 0.3 is 0 Å². The van der Waals surface area contributed by atoms with Crippen LogP contribution in [0.25, 0.3) is 0 Å². The Kier molecular flexibility index (Phi) is 7.77. The number of anilines is 1. The molecule has 0 aliphatic carbocycles. The lowest BCUT2D eigenvalue weighted by Crippen LogP contribution is -2.48. The molecule has 1 N–H and O–H groups in total. The Labute approximate surface area is 225 Å². The largest absolute Gasteiger partial charge is 0.463 e. The molecule has 194 valence electrons. The molecule has 0 amide bonds. The summed E-state index contributed by atoms with van der Waals surface area (Å²) in [6.45, 7) is 0.831. The van der Waals surface area contributed by atoms with Gasteiger partial charge in [-0.05, 0) is 48.4 Å². The summed E-state index contributed by atoms with van der Waals surface area (Å²) in [5, 5.41) is 4.25. The Balaban J connectivity index is 1.51. The minimum absolute atomic E-state index is 0.000248. The van der Waals surface area contributed by atoms with Gasteiger partial charge in [-0.2, -0.15) is 0 Å². The second-order valence-corrected chi connectivity index (χ2v) is 9.35. The third kappa shape index (κ3) is 5.30. The van der Waals surface area contributed by atoms with E-state index in [9.17, 15) is 9.59 Å². The van der Waals surface area contributed by atoms with Gasteiger partial charge in [-0.15, -0.1) is 0 Å². The number of nitrogens with one attached hydrogen (secondary N) is 1. The lowest BCUT2D eigenvalue weighted by atomic mass is 9.79. The number of ether oxygens (including phenoxy) is 4. The van der Waals surface area contributed by atoms with E-state index in [4.69, 9.17) is 30.5 Å². The summed E-state index contributed by atoms with van der Waals surface area (Å²) in [5.41, 5.74) is 2.25. The van der Waals surface area contributed by atoms with E-state index >= 15 is 0 Å². The highest BCUT2D eigenvalue weighted by atomic mass is 35.5. The Hall–Kier alpha value is -4.07. The highest BCUT2D eigenvalue weighted by Gasteiger charge is 2.53. The zero-order valence-electron chi connectivity index (χ0n) is 20.4. The van der Waals surface area contributed by atoms with Crippen LogP contribution in [-0.4, -0.2) is 43.9 Å². The standard InChI is InChI=1S/C30H26ClNO6/c31-27-12-5-4-7-21(27)15-29(32-22-8-6-11-24(16-22)37-23-9-2-1-3-10-23)30-14-13-28(38-30)25(17-35-19-33)26(30)18-36-20-34/h1-14,16,19-20,28-29,32H,15,17-18H2. The second kappa shape index (κ2) is 11.5. The molecule has 0 aromatic heterocycles. The highest BCUT2D eigenvalue weighted by molar-refractivity contribution is 6.31. The van der Waals surface area contributed by atoms with Gasteiger partial charge in [0, 0.05) is 27.9 Å². The Bertz CT molecular complexity index is 1360. The molecule has 8 heteroatoms. The molecule has 3 atom stereocenters. The van der Waals surface area contributed by atoms with Crippen LogP contribution in [0.1, 0.15) is 5.56 Å². The minimum Gasteiger partial charge on any atom is -0.463 e. The summed E-state index contributed by atoms with van der Waals surface area (Å²) >= 11 is 6.56. The van der Waals surface area contributed by atoms with Gasteiger partial charge in [0.1, 0.15) is 36.4 Å². The number of benzene rings is 3. The van der Waals surface area contributed by atoms with Crippen molar-refractivity contribution in [2.75, 3.05) is 18.5 Å². The normalized spacial score (nSPS) is 20.2. The molecule has 2 aliphatic heterocycles. The number of carbonyl (C=O) groups is 2. The van der Waals surface area contributed by atoms with Crippen LogP contribution in [0.15, 0.2) is 102 Å². The van der Waals surface area contributed by atoms with E-state index in [1.54, 1.807) is 0 Å². The highest BCUT2D eigenvalue weighted by Crippen LogP contribution is 2.47. The monoisotopic (exact) mass is 531 g/mol. The smallest absolute Gasteiger partial charge is 0.293 e. The topological polar surface area (TPSA) is 83.1 Å². The first-order valence-corrected chi connectivity index (χ1v) is 12.5. The molecule has 0 radical (unpaired) electrons. The summed E-state index contributed by atoms with van der Waals surface area (Å²) in [5.74, 6) is 1.40. The first kappa shape index (κ1) is 25.6. The van der Waals surface area contributed by atoms with Gasteiger partial charge in [0.25, 0.3) is 12.9 Å². The summed E-state index contributed by atoms with van der Waals surface area (Å²) in [7, 11) is 0. The SMILES string of the molecule is O=COCC1=C(COC=O)C2(C(Cc3ccccc3Cl)Nc3cccc(Oc4ccccc4)c3)C=CC1O2. The van der Waals surface area contributed by atoms with Gasteiger partial charge in [-0.3, -0.25) is 9.59 Å². The van der Waals surface area contributed by atoms with Crippen LogP contribution in [0, 0.1) is 0 Å². The molecule has 5 rings (SSSR count). The van der Waals surface area contributed by atoms with Gasteiger partial charge in [0.05, 0.1) is 6.04 Å². The summed E-state index contributed by atoms with van der Waals surface area (Å²) in [6.07, 6.45) is 4.00. The number of hydrogen-bond acceptors (Lipinski definition) is 7. The van der Waals surface area contributed by atoms with Crippen molar-refractivity contribution >= 4 is 30.2 Å². The molecule has 3 aromatic rings. The van der Waals surface area contributed by atoms with Crippen LogP contribution >= 0.6 is 11.6 Å². The molecule has 0 saturated carbocycles. The fourth-order valence-corrected chi connectivity index (χ4v) is 5.21. The fraction of sp³-hybridized carbons (Fsp3) is 0.200. The van der Waals surface area contributed by atoms with Crippen molar-refractivity contribution in [3.8, 4) is 11.5 Å². The van der Waals surface area contributed by atoms with Crippen LogP contribution in [0.3, 0.4) is 0 Å². The molecule has 0 fully saturated rings. The van der Waals surface area contributed by atoms with E-state index < -0.39 is 11.7 Å². The maximum absolute atomic E-state index is 11.1. The molecule has 2 bridgehead atoms. The van der Waals surface area contributed by atoms with Crippen molar-refractivity contribution in [3.63, 3.8) is 0 Å². The number of fused-ring (bicyclic) bond motifs is 2. The summed E-state index contributed by atoms with van der Waals surface area (Å²) in [6, 6.07) is 24.5. The molecule has 2 aliphatic rings. The Morgan fingerprint density at radius 1 is 0.921 bits per heavy atom. The van der Waals surface area contributed by atoms with Crippen LogP contribution in [0.4, 0.5) is 5.69 Å². The van der Waals surface area contributed by atoms with E-state index in [1.807, 2.05) is 91.0 Å². The Morgan fingerprint density at radius 2 is 1.66 bits per heavy atom. The quantitative estimate of drug-likeness (QED) is 0.230. The maximum Gasteiger partial charge on any atom is 0.293 e. The van der Waals surface area contributed by atoms with Gasteiger partial charge in [-0.25, -0.2) is 0 Å². The first-order valence-electron chi connectivity index (χ1n) is 12.2. The minimum atomic E-state index is -0.968. The van der Waals surface area contributed by atoms with Gasteiger partial charge in [-0.1, -0.05) is 60.1 Å². The average molecular weight is 532 g/mol. The number of halogens is 1. The third-order valence-corrected chi connectivity index (χ3v) is 7.07. The van der Waals surface area contributed by atoms with Gasteiger partial charge in [0.2, 0.25) is 0 Å². The third-order valence-electron chi connectivity index (χ3n) is 6.70. The molecule has 3 unspecified atom stereocenters. The first-order chi connectivity index (χ1) is 18.6. The predicted octanol–water partition coefficient (Wildman–Crippen LogP) is 5.51. The van der Waals surface area contributed by atoms with Crippen molar-refractivity contribution in [3.05, 3.63) is 113 Å². The van der Waals surface area contributed by atoms with Crippen molar-refractivity contribution in [1.29, 1.82) is 0 Å². The molecule has 2 heterocycles.